The molecule has 0 aliphatic rings. The zero-order chi connectivity index (χ0) is 99.1. The molecule has 30 aromatic rings. The van der Waals surface area contributed by atoms with E-state index < -0.39 is 0 Å². The van der Waals surface area contributed by atoms with Crippen molar-refractivity contribution >= 4 is 141 Å². The number of fused-ring (bicyclic) bond motifs is 18. The number of para-hydroxylation sites is 3. The molecule has 30 rings (SSSR count). The summed E-state index contributed by atoms with van der Waals surface area (Å²) in [5, 5.41) is 12.8. The van der Waals surface area contributed by atoms with Gasteiger partial charge in [-0.05, 0) is 219 Å². The highest BCUT2D eigenvalue weighted by atomic mass is 32.1. The molecule has 0 unspecified atom stereocenters. The molecule has 0 N–H and O–H groups in total. The Bertz CT molecular complexity index is 10200. The minimum absolute atomic E-state index is 0.586. The normalized spacial score (nSPS) is 11.6. The van der Waals surface area contributed by atoms with Gasteiger partial charge in [0.15, 0.2) is 52.4 Å². The smallest absolute Gasteiger partial charge is 0.164 e. The number of benzene rings is 21. The summed E-state index contributed by atoms with van der Waals surface area (Å²) in [6, 6.07) is 168. The summed E-state index contributed by atoms with van der Waals surface area (Å²) in [6.07, 6.45) is 0. The predicted octanol–water partition coefficient (Wildman–Crippen LogP) is 36.5. The number of nitrogens with zero attached hydrogens (tertiary/aromatic N) is 9. The van der Waals surface area contributed by atoms with Gasteiger partial charge in [0.25, 0.3) is 0 Å². The number of hydrogen-bond acceptors (Lipinski definition) is 15. The van der Waals surface area contributed by atoms with Crippen LogP contribution in [0.1, 0.15) is 0 Å². The summed E-state index contributed by atoms with van der Waals surface area (Å²) in [4.78, 5) is 45.9. The molecule has 21 aromatic carbocycles. The molecule has 9 aromatic heterocycles. The maximum Gasteiger partial charge on any atom is 0.164 e. The van der Waals surface area contributed by atoms with Crippen molar-refractivity contribution in [3.63, 3.8) is 0 Å². The van der Waals surface area contributed by atoms with Crippen molar-refractivity contribution in [2.75, 3.05) is 0 Å². The van der Waals surface area contributed by atoms with Gasteiger partial charge in [-0.1, -0.05) is 334 Å². The van der Waals surface area contributed by atoms with E-state index in [2.05, 4.69) is 334 Å². The van der Waals surface area contributed by atoms with Gasteiger partial charge in [0.1, 0.15) is 55.8 Å². The maximum atomic E-state index is 6.48. The molecule has 702 valence electrons. The Morgan fingerprint density at radius 1 is 0.127 bits per heavy atom. The van der Waals surface area contributed by atoms with Gasteiger partial charge in [0.2, 0.25) is 0 Å². The molecule has 0 saturated heterocycles. The molecule has 0 saturated carbocycles. The summed E-state index contributed by atoms with van der Waals surface area (Å²) in [5.74, 6) is 5.42. The van der Waals surface area contributed by atoms with Crippen LogP contribution >= 0.6 is 11.3 Å². The lowest BCUT2D eigenvalue weighted by Crippen LogP contribution is -2.00. The van der Waals surface area contributed by atoms with Gasteiger partial charge < -0.3 is 22.1 Å². The Kier molecular flexibility index (Phi) is 21.8. The minimum atomic E-state index is 0.586. The summed E-state index contributed by atoms with van der Waals surface area (Å²) in [7, 11) is 0. The SMILES string of the molecule is c1ccc(-c2ccc(-c3nc(-c4ccc5sc6ccccc6c5c4)nc(-c4ccc5oc6cccc(-c7ccccc7)c6c5c4)n3)cc2)cc1.c1ccc(-c2cccc(-c3nc(-c4ccc5oc6ccccc6c5c4)nc(-c4ccc5oc6c(-c7ccccc7)cccc6c5c4)n3)c2)cc1.c1ccc(-c2cccc(-c3nc(-c4ccc5oc6ccccc6c5c4)nc(-c4ccc5oc6ccc(-c7ccccc7)cc6c5c4)n3)c2)cc1. The van der Waals surface area contributed by atoms with E-state index in [0.717, 1.165) is 221 Å². The van der Waals surface area contributed by atoms with Crippen LogP contribution in [0.15, 0.2) is 513 Å². The molecule has 0 spiro atoms. The molecule has 0 amide bonds. The summed E-state index contributed by atoms with van der Waals surface area (Å²) >= 11 is 1.81. The standard InChI is InChI=1S/2C45H27N3O2.C45H27N3OS/c1-3-11-28(12-4-1)30-15-9-16-31(25-30)43-46-44(32-21-23-40-37(26-32)35-17-7-8-20-39(35)49-40)48-45(47-43)33-22-24-41-38(27-33)36-19-10-18-34(42(36)50-41)29-13-5-2-6-14-29;1-3-10-28(11-4-1)30-14-9-15-32(24-30)43-46-44(33-19-22-40-36(26-33)35-16-7-8-17-39(35)49-40)48-45(47-43)34-20-23-42-38(27-34)37-25-31(18-21-41(37)50-42)29-12-5-2-6-13-29;1-3-10-28(11-4-1)29-18-20-31(21-19-29)43-46-44(48-45(47-43)33-23-25-41-36(26-33)35-14-7-8-17-40(35)50-41)32-22-24-38-37(27-32)42-34(15-9-16-39(42)49-38)30-12-5-2-6-13-30/h3*1-27H. The molecule has 0 atom stereocenters. The second-order valence-electron chi connectivity index (χ2n) is 37.3. The number of aromatic nitrogens is 9. The molecular formula is C135H81N9O5S. The summed E-state index contributed by atoms with van der Waals surface area (Å²) in [6.45, 7) is 0. The first kappa shape index (κ1) is 87.6. The van der Waals surface area contributed by atoms with Crippen molar-refractivity contribution in [2.24, 2.45) is 0 Å². The topological polar surface area (TPSA) is 182 Å². The van der Waals surface area contributed by atoms with Crippen LogP contribution in [0, 0.1) is 0 Å². The first-order valence-electron chi connectivity index (χ1n) is 49.8. The second-order valence-corrected chi connectivity index (χ2v) is 38.4. The molecular weight excluding hydrogens is 1860 g/mol. The van der Waals surface area contributed by atoms with E-state index >= 15 is 0 Å². The quantitative estimate of drug-likeness (QED) is 0.0945. The average molecular weight is 1940 g/mol. The van der Waals surface area contributed by atoms with Crippen LogP contribution in [0.5, 0.6) is 0 Å². The van der Waals surface area contributed by atoms with Gasteiger partial charge in [-0.2, -0.15) is 0 Å². The lowest BCUT2D eigenvalue weighted by Gasteiger charge is -2.10. The average Bonchev–Trinajstić information content (AvgIpc) is 1.59. The second kappa shape index (κ2) is 37.2. The summed E-state index contributed by atoms with van der Waals surface area (Å²) < 4.78 is 33.9. The van der Waals surface area contributed by atoms with Crippen LogP contribution in [0.25, 0.3) is 299 Å². The van der Waals surface area contributed by atoms with Gasteiger partial charge >= 0.3 is 0 Å². The highest BCUT2D eigenvalue weighted by Crippen LogP contribution is 2.46. The van der Waals surface area contributed by atoms with Crippen molar-refractivity contribution in [3.8, 4) is 169 Å². The van der Waals surface area contributed by atoms with Gasteiger partial charge in [-0.3, -0.25) is 0 Å². The van der Waals surface area contributed by atoms with Gasteiger partial charge in [-0.25, -0.2) is 44.9 Å². The Hall–Kier alpha value is -20.1. The molecule has 14 nitrogen and oxygen atoms in total. The lowest BCUT2D eigenvalue weighted by molar-refractivity contribution is 0.668. The Balaban J connectivity index is 0.000000108. The monoisotopic (exact) mass is 1940 g/mol. The zero-order valence-corrected chi connectivity index (χ0v) is 81.1. The third kappa shape index (κ3) is 16.4. The molecule has 0 aliphatic heterocycles. The van der Waals surface area contributed by atoms with Crippen LogP contribution in [0.4, 0.5) is 0 Å². The first-order chi connectivity index (χ1) is 74.2. The highest BCUT2D eigenvalue weighted by molar-refractivity contribution is 7.25. The number of hydrogen-bond donors (Lipinski definition) is 0. The minimum Gasteiger partial charge on any atom is -0.456 e. The van der Waals surface area contributed by atoms with Crippen molar-refractivity contribution in [1.82, 2.24) is 44.9 Å². The molecule has 0 aliphatic carbocycles. The fourth-order valence-electron chi connectivity index (χ4n) is 20.6. The van der Waals surface area contributed by atoms with E-state index in [1.807, 2.05) is 158 Å². The van der Waals surface area contributed by atoms with E-state index in [4.69, 9.17) is 66.9 Å². The van der Waals surface area contributed by atoms with Gasteiger partial charge in [0, 0.05) is 130 Å². The van der Waals surface area contributed by atoms with Crippen LogP contribution < -0.4 is 0 Å². The van der Waals surface area contributed by atoms with E-state index in [0.29, 0.717) is 52.4 Å². The van der Waals surface area contributed by atoms with E-state index in [1.165, 1.54) is 25.7 Å². The van der Waals surface area contributed by atoms with Crippen LogP contribution in [0.2, 0.25) is 0 Å². The number of thiophene rings is 1. The number of furan rings is 5. The summed E-state index contributed by atoms with van der Waals surface area (Å²) in [5.41, 5.74) is 30.0. The Morgan fingerprint density at radius 3 is 0.820 bits per heavy atom. The van der Waals surface area contributed by atoms with Crippen LogP contribution in [-0.4, -0.2) is 44.9 Å². The molecule has 15 heteroatoms. The third-order valence-electron chi connectivity index (χ3n) is 28.0. The maximum absolute atomic E-state index is 6.48. The lowest BCUT2D eigenvalue weighted by atomic mass is 9.99. The molecule has 150 heavy (non-hydrogen) atoms. The van der Waals surface area contributed by atoms with E-state index in [-0.39, 0.29) is 0 Å². The largest absolute Gasteiger partial charge is 0.456 e. The molecule has 9 heterocycles. The van der Waals surface area contributed by atoms with E-state index in [1.54, 1.807) is 11.3 Å². The van der Waals surface area contributed by atoms with Gasteiger partial charge in [0.05, 0.1) is 0 Å². The van der Waals surface area contributed by atoms with Crippen LogP contribution in [0.3, 0.4) is 0 Å². The van der Waals surface area contributed by atoms with E-state index in [9.17, 15) is 0 Å². The van der Waals surface area contributed by atoms with Crippen molar-refractivity contribution < 1.29 is 22.1 Å². The fraction of sp³-hybridized carbons (Fsp3) is 0. The first-order valence-corrected chi connectivity index (χ1v) is 50.6. The third-order valence-corrected chi connectivity index (χ3v) is 29.2. The predicted molar refractivity (Wildman–Crippen MR) is 610 cm³/mol. The van der Waals surface area contributed by atoms with Crippen molar-refractivity contribution in [1.29, 1.82) is 0 Å². The molecule has 0 radical (unpaired) electrons. The van der Waals surface area contributed by atoms with Gasteiger partial charge in [-0.15, -0.1) is 11.3 Å². The zero-order valence-electron chi connectivity index (χ0n) is 80.2. The molecule has 0 bridgehead atoms. The van der Waals surface area contributed by atoms with Crippen molar-refractivity contribution in [2.45, 2.75) is 0 Å². The molecule has 0 fully saturated rings. The highest BCUT2D eigenvalue weighted by Gasteiger charge is 2.25. The Morgan fingerprint density at radius 2 is 0.367 bits per heavy atom. The Labute approximate surface area is 862 Å². The fourth-order valence-corrected chi connectivity index (χ4v) is 21.7. The van der Waals surface area contributed by atoms with Crippen LogP contribution in [-0.2, 0) is 0 Å². The van der Waals surface area contributed by atoms with Crippen molar-refractivity contribution in [3.05, 3.63) is 491 Å². The number of rotatable bonds is 15.